The monoisotopic (exact) mass is 548 g/mol. The van der Waals surface area contributed by atoms with E-state index in [1.54, 1.807) is 0 Å². The summed E-state index contributed by atoms with van der Waals surface area (Å²) in [5.41, 5.74) is -1.66. The van der Waals surface area contributed by atoms with Crippen LogP contribution in [0.4, 0.5) is 30.7 Å². The number of nitrogens with zero attached hydrogens (tertiary/aromatic N) is 6. The molecule has 196 valence electrons. The van der Waals surface area contributed by atoms with Gasteiger partial charge >= 0.3 is 17.8 Å². The molecule has 0 N–H and O–H groups in total. The number of rotatable bonds is 7. The van der Waals surface area contributed by atoms with Gasteiger partial charge in [-0.2, -0.15) is 22.0 Å². The minimum absolute atomic E-state index is 0.147. The van der Waals surface area contributed by atoms with Crippen LogP contribution in [0.15, 0.2) is 47.3 Å². The topological polar surface area (TPSA) is 70.5 Å². The second-order valence-corrected chi connectivity index (χ2v) is 8.45. The van der Waals surface area contributed by atoms with Crippen LogP contribution in [0.1, 0.15) is 25.0 Å². The van der Waals surface area contributed by atoms with Gasteiger partial charge in [0, 0.05) is 24.1 Å². The van der Waals surface area contributed by atoms with Crippen molar-refractivity contribution in [2.75, 3.05) is 0 Å². The van der Waals surface area contributed by atoms with E-state index in [1.165, 1.54) is 24.3 Å². The van der Waals surface area contributed by atoms with E-state index in [-0.39, 0.29) is 16.1 Å². The van der Waals surface area contributed by atoms with Gasteiger partial charge in [0.15, 0.2) is 23.3 Å². The maximum Gasteiger partial charge on any atom is 0.390 e. The summed E-state index contributed by atoms with van der Waals surface area (Å²) in [6.45, 7) is -1.02. The van der Waals surface area contributed by atoms with Crippen molar-refractivity contribution in [3.8, 4) is 17.1 Å². The molecule has 0 saturated heterocycles. The second-order valence-electron chi connectivity index (χ2n) is 8.01. The SMILES string of the molecule is CC(F)(F)c1nc(Cn2nc(-c3ccc(Cl)cc3)n(CCC(F)(F)F)c2=O)nn1-c1c(F)cccc1F. The van der Waals surface area contributed by atoms with Crippen LogP contribution in [0, 0.1) is 11.6 Å². The number of halogens is 8. The van der Waals surface area contributed by atoms with Crippen molar-refractivity contribution in [2.24, 2.45) is 0 Å². The zero-order valence-corrected chi connectivity index (χ0v) is 19.5. The third-order valence-electron chi connectivity index (χ3n) is 5.13. The first kappa shape index (κ1) is 26.4. The Hall–Kier alpha value is -3.68. The largest absolute Gasteiger partial charge is 0.390 e. The van der Waals surface area contributed by atoms with Crippen molar-refractivity contribution in [2.45, 2.75) is 38.5 Å². The normalized spacial score (nSPS) is 12.4. The highest BCUT2D eigenvalue weighted by Gasteiger charge is 2.35. The molecule has 0 radical (unpaired) electrons. The predicted octanol–water partition coefficient (Wildman–Crippen LogP) is 5.34. The summed E-state index contributed by atoms with van der Waals surface area (Å²) in [5, 5.41) is 8.13. The van der Waals surface area contributed by atoms with Crippen molar-refractivity contribution in [3.05, 3.63) is 81.3 Å². The zero-order valence-electron chi connectivity index (χ0n) is 18.8. The van der Waals surface area contributed by atoms with Gasteiger partial charge in [0.05, 0.1) is 6.42 Å². The van der Waals surface area contributed by atoms with Crippen molar-refractivity contribution in [1.82, 2.24) is 29.1 Å². The Balaban J connectivity index is 1.80. The molecular weight excluding hydrogens is 533 g/mol. The lowest BCUT2D eigenvalue weighted by Crippen LogP contribution is -2.27. The standard InChI is InChI=1S/C22H16ClF7N6O/c1-21(26,27)19-31-16(32-36(19)17-14(24)3-2-4-15(17)25)11-35-20(37)34(10-9-22(28,29)30)18(33-35)12-5-7-13(23)8-6-12/h2-8H,9-11H2,1H3. The van der Waals surface area contributed by atoms with E-state index >= 15 is 0 Å². The van der Waals surface area contributed by atoms with Crippen LogP contribution in [-0.2, 0) is 19.0 Å². The molecule has 37 heavy (non-hydrogen) atoms. The first-order valence-electron chi connectivity index (χ1n) is 10.5. The zero-order chi connectivity index (χ0) is 27.1. The summed E-state index contributed by atoms with van der Waals surface area (Å²) in [6, 6.07) is 8.45. The van der Waals surface area contributed by atoms with Crippen molar-refractivity contribution < 1.29 is 30.7 Å². The molecule has 0 spiro atoms. The van der Waals surface area contributed by atoms with E-state index in [2.05, 4.69) is 15.2 Å². The van der Waals surface area contributed by atoms with Crippen molar-refractivity contribution >= 4 is 11.6 Å². The minimum Gasteiger partial charge on any atom is -0.275 e. The third kappa shape index (κ3) is 5.68. The van der Waals surface area contributed by atoms with Crippen LogP contribution < -0.4 is 5.69 Å². The number of para-hydroxylation sites is 1. The maximum absolute atomic E-state index is 14.3. The molecular formula is C22H16ClF7N6O. The van der Waals surface area contributed by atoms with Gasteiger partial charge < -0.3 is 0 Å². The molecule has 0 aliphatic carbocycles. The van der Waals surface area contributed by atoms with Gasteiger partial charge in [0.1, 0.15) is 12.2 Å². The van der Waals surface area contributed by atoms with E-state index < -0.39 is 66.3 Å². The molecule has 4 rings (SSSR count). The van der Waals surface area contributed by atoms with Crippen molar-refractivity contribution in [3.63, 3.8) is 0 Å². The highest BCUT2D eigenvalue weighted by molar-refractivity contribution is 6.30. The fourth-order valence-electron chi connectivity index (χ4n) is 3.48. The molecule has 0 bridgehead atoms. The van der Waals surface area contributed by atoms with E-state index in [4.69, 9.17) is 11.6 Å². The molecule has 2 aromatic carbocycles. The van der Waals surface area contributed by atoms with Crippen molar-refractivity contribution in [1.29, 1.82) is 0 Å². The van der Waals surface area contributed by atoms with Gasteiger partial charge in [-0.1, -0.05) is 17.7 Å². The van der Waals surface area contributed by atoms with Gasteiger partial charge in [-0.15, -0.1) is 10.2 Å². The molecule has 2 aromatic heterocycles. The molecule has 2 heterocycles. The summed E-state index contributed by atoms with van der Waals surface area (Å²) in [6.07, 6.45) is -5.92. The number of hydrogen-bond acceptors (Lipinski definition) is 4. The first-order chi connectivity index (χ1) is 17.2. The van der Waals surface area contributed by atoms with Gasteiger partial charge in [-0.25, -0.2) is 27.9 Å². The predicted molar refractivity (Wildman–Crippen MR) is 118 cm³/mol. The molecule has 15 heteroatoms. The van der Waals surface area contributed by atoms with Crippen LogP contribution in [0.3, 0.4) is 0 Å². The fraction of sp³-hybridized carbons (Fsp3) is 0.273. The lowest BCUT2D eigenvalue weighted by molar-refractivity contribution is -0.136. The maximum atomic E-state index is 14.3. The molecule has 0 aliphatic heterocycles. The summed E-state index contributed by atoms with van der Waals surface area (Å²) in [5.74, 6) is -7.84. The Labute approximate surface area is 208 Å². The molecule has 0 amide bonds. The molecule has 0 fully saturated rings. The molecule has 7 nitrogen and oxygen atoms in total. The van der Waals surface area contributed by atoms with Crippen LogP contribution in [-0.4, -0.2) is 35.3 Å². The van der Waals surface area contributed by atoms with Crippen LogP contribution in [0.25, 0.3) is 17.1 Å². The minimum atomic E-state index is -4.58. The smallest absolute Gasteiger partial charge is 0.275 e. The highest BCUT2D eigenvalue weighted by Crippen LogP contribution is 2.29. The Bertz CT molecular complexity index is 1470. The Kier molecular flexibility index (Phi) is 6.88. The average Bonchev–Trinajstić information content (AvgIpc) is 3.34. The van der Waals surface area contributed by atoms with Gasteiger partial charge in [0.2, 0.25) is 5.82 Å². The molecule has 0 aliphatic rings. The van der Waals surface area contributed by atoms with Crippen LogP contribution in [0.2, 0.25) is 5.02 Å². The summed E-state index contributed by atoms with van der Waals surface area (Å²) in [7, 11) is 0. The van der Waals surface area contributed by atoms with Gasteiger partial charge in [0.25, 0.3) is 0 Å². The number of benzene rings is 2. The van der Waals surface area contributed by atoms with Crippen LogP contribution in [0.5, 0.6) is 0 Å². The fourth-order valence-corrected chi connectivity index (χ4v) is 3.61. The van der Waals surface area contributed by atoms with Gasteiger partial charge in [-0.05, 0) is 36.4 Å². The molecule has 0 saturated carbocycles. The second kappa shape index (κ2) is 9.65. The molecule has 0 atom stereocenters. The van der Waals surface area contributed by atoms with E-state index in [1.807, 2.05) is 0 Å². The molecule has 4 aromatic rings. The lowest BCUT2D eigenvalue weighted by Gasteiger charge is -2.12. The highest BCUT2D eigenvalue weighted by atomic mass is 35.5. The van der Waals surface area contributed by atoms with E-state index in [9.17, 15) is 35.5 Å². The van der Waals surface area contributed by atoms with E-state index in [0.717, 1.165) is 22.8 Å². The summed E-state index contributed by atoms with van der Waals surface area (Å²) < 4.78 is 97.5. The number of hydrogen-bond donors (Lipinski definition) is 0. The Morgan fingerprint density at radius 2 is 1.57 bits per heavy atom. The summed E-state index contributed by atoms with van der Waals surface area (Å²) >= 11 is 5.85. The number of aromatic nitrogens is 6. The first-order valence-corrected chi connectivity index (χ1v) is 10.9. The Morgan fingerprint density at radius 1 is 0.946 bits per heavy atom. The Morgan fingerprint density at radius 3 is 2.14 bits per heavy atom. The third-order valence-corrected chi connectivity index (χ3v) is 5.38. The quantitative estimate of drug-likeness (QED) is 0.293. The lowest BCUT2D eigenvalue weighted by atomic mass is 10.2. The van der Waals surface area contributed by atoms with E-state index in [0.29, 0.717) is 16.6 Å². The average molecular weight is 549 g/mol. The summed E-state index contributed by atoms with van der Waals surface area (Å²) in [4.78, 5) is 16.6. The van der Waals surface area contributed by atoms with Gasteiger partial charge in [-0.3, -0.25) is 4.57 Å². The molecule has 0 unspecified atom stereocenters. The number of alkyl halides is 5. The van der Waals surface area contributed by atoms with Crippen LogP contribution >= 0.6 is 11.6 Å².